The molecule has 0 bridgehead atoms. The Balaban J connectivity index is 1.37. The predicted octanol–water partition coefficient (Wildman–Crippen LogP) is 5.75. The van der Waals surface area contributed by atoms with Crippen LogP contribution in [0.25, 0.3) is 6.08 Å². The Labute approximate surface area is 182 Å². The Morgan fingerprint density at radius 1 is 1.13 bits per heavy atom. The topological polar surface area (TPSA) is 57.2 Å². The molecule has 31 heavy (non-hydrogen) atoms. The first-order valence-electron chi connectivity index (χ1n) is 10.8. The first-order valence-corrected chi connectivity index (χ1v) is 10.8. The van der Waals surface area contributed by atoms with Gasteiger partial charge < -0.3 is 24.1 Å². The van der Waals surface area contributed by atoms with Crippen molar-refractivity contribution < 1.29 is 24.1 Å². The molecule has 2 aromatic carbocycles. The van der Waals surface area contributed by atoms with Gasteiger partial charge in [-0.15, -0.1) is 0 Å². The number of benzene rings is 2. The SMILES string of the molecule is CC(C)=CCC[C@@]1(C)C=Cc2c(ccc3c2OC[C@H](c2cc4c(cc2O)OCO4)C3)O1. The summed E-state index contributed by atoms with van der Waals surface area (Å²) < 4.78 is 23.4. The summed E-state index contributed by atoms with van der Waals surface area (Å²) in [5.41, 5.74) is 3.96. The lowest BCUT2D eigenvalue weighted by atomic mass is 9.87. The van der Waals surface area contributed by atoms with E-state index in [-0.39, 0.29) is 24.1 Å². The van der Waals surface area contributed by atoms with Crippen molar-refractivity contribution in [3.63, 3.8) is 0 Å². The van der Waals surface area contributed by atoms with Gasteiger partial charge in [0.1, 0.15) is 22.8 Å². The van der Waals surface area contributed by atoms with Crippen molar-refractivity contribution in [2.45, 2.75) is 51.6 Å². The fraction of sp³-hybridized carbons (Fsp3) is 0.385. The molecule has 3 aliphatic heterocycles. The van der Waals surface area contributed by atoms with Gasteiger partial charge in [0.15, 0.2) is 11.5 Å². The molecule has 0 fully saturated rings. The highest BCUT2D eigenvalue weighted by Gasteiger charge is 2.32. The minimum Gasteiger partial charge on any atom is -0.508 e. The molecular weight excluding hydrogens is 392 g/mol. The van der Waals surface area contributed by atoms with E-state index < -0.39 is 0 Å². The maximum Gasteiger partial charge on any atom is 0.231 e. The van der Waals surface area contributed by atoms with E-state index in [0.29, 0.717) is 18.1 Å². The Kier molecular flexibility index (Phi) is 4.84. The molecule has 1 N–H and O–H groups in total. The van der Waals surface area contributed by atoms with Crippen molar-refractivity contribution in [1.29, 1.82) is 0 Å². The van der Waals surface area contributed by atoms with Crippen LogP contribution < -0.4 is 18.9 Å². The maximum absolute atomic E-state index is 10.5. The van der Waals surface area contributed by atoms with Crippen LogP contribution in [0.5, 0.6) is 28.7 Å². The predicted molar refractivity (Wildman–Crippen MR) is 119 cm³/mol. The lowest BCUT2D eigenvalue weighted by Gasteiger charge is -2.34. The monoisotopic (exact) mass is 420 g/mol. The lowest BCUT2D eigenvalue weighted by molar-refractivity contribution is 0.127. The van der Waals surface area contributed by atoms with Crippen molar-refractivity contribution in [2.75, 3.05) is 13.4 Å². The average molecular weight is 421 g/mol. The van der Waals surface area contributed by atoms with E-state index in [1.54, 1.807) is 6.07 Å². The molecule has 3 aliphatic rings. The third-order valence-corrected chi connectivity index (χ3v) is 6.23. The standard InChI is InChI=1S/C26H28O5/c1-16(2)5-4-9-26(3)10-8-19-22(31-26)7-6-17-11-18(14-28-25(17)19)20-12-23-24(13-21(20)27)30-15-29-23/h5-8,10,12-13,18,27H,4,9,11,14-15H2,1-3H3/t18-,26+/m1/s1. The van der Waals surface area contributed by atoms with E-state index in [0.717, 1.165) is 47.5 Å². The first kappa shape index (κ1) is 19.9. The number of hydrogen-bond donors (Lipinski definition) is 1. The summed E-state index contributed by atoms with van der Waals surface area (Å²) in [5, 5.41) is 10.5. The van der Waals surface area contributed by atoms with Gasteiger partial charge in [0, 0.05) is 17.5 Å². The van der Waals surface area contributed by atoms with Crippen molar-refractivity contribution in [3.05, 3.63) is 58.7 Å². The van der Waals surface area contributed by atoms with Crippen molar-refractivity contribution in [3.8, 4) is 28.7 Å². The highest BCUT2D eigenvalue weighted by molar-refractivity contribution is 5.70. The molecule has 0 amide bonds. The summed E-state index contributed by atoms with van der Waals surface area (Å²) >= 11 is 0. The number of ether oxygens (including phenoxy) is 4. The van der Waals surface area contributed by atoms with Gasteiger partial charge in [-0.2, -0.15) is 0 Å². The second-order valence-electron chi connectivity index (χ2n) is 9.01. The number of fused-ring (bicyclic) bond motifs is 4. The van der Waals surface area contributed by atoms with Crippen LogP contribution in [0.1, 0.15) is 56.2 Å². The Bertz CT molecular complexity index is 1080. The quantitative estimate of drug-likeness (QED) is 0.638. The number of hydrogen-bond acceptors (Lipinski definition) is 5. The molecule has 2 atom stereocenters. The summed E-state index contributed by atoms with van der Waals surface area (Å²) in [6.45, 7) is 7.05. The van der Waals surface area contributed by atoms with Crippen LogP contribution in [0, 0.1) is 0 Å². The zero-order valence-corrected chi connectivity index (χ0v) is 18.2. The fourth-order valence-electron chi connectivity index (χ4n) is 4.51. The molecule has 3 heterocycles. The minimum atomic E-state index is -0.317. The molecule has 5 nitrogen and oxygen atoms in total. The molecule has 0 unspecified atom stereocenters. The summed E-state index contributed by atoms with van der Waals surface area (Å²) in [5.74, 6) is 3.27. The Morgan fingerprint density at radius 2 is 1.94 bits per heavy atom. The smallest absolute Gasteiger partial charge is 0.231 e. The Morgan fingerprint density at radius 3 is 2.74 bits per heavy atom. The molecule has 0 spiro atoms. The van der Waals surface area contributed by atoms with Crippen LogP contribution in [-0.4, -0.2) is 24.1 Å². The van der Waals surface area contributed by atoms with Gasteiger partial charge in [0.05, 0.1) is 12.2 Å². The summed E-state index contributed by atoms with van der Waals surface area (Å²) in [6, 6.07) is 7.63. The van der Waals surface area contributed by atoms with E-state index in [1.165, 1.54) is 5.57 Å². The highest BCUT2D eigenvalue weighted by Crippen LogP contribution is 2.46. The van der Waals surface area contributed by atoms with E-state index in [2.05, 4.69) is 45.1 Å². The van der Waals surface area contributed by atoms with Gasteiger partial charge in [-0.05, 0) is 69.9 Å². The van der Waals surface area contributed by atoms with Gasteiger partial charge in [-0.25, -0.2) is 0 Å². The van der Waals surface area contributed by atoms with E-state index in [4.69, 9.17) is 18.9 Å². The number of rotatable bonds is 4. The summed E-state index contributed by atoms with van der Waals surface area (Å²) in [7, 11) is 0. The second-order valence-corrected chi connectivity index (χ2v) is 9.01. The van der Waals surface area contributed by atoms with Crippen LogP contribution >= 0.6 is 0 Å². The van der Waals surface area contributed by atoms with Crippen LogP contribution in [0.4, 0.5) is 0 Å². The molecule has 0 saturated carbocycles. The van der Waals surface area contributed by atoms with E-state index >= 15 is 0 Å². The number of aromatic hydroxyl groups is 1. The molecular formula is C26H28O5. The van der Waals surface area contributed by atoms with Crippen molar-refractivity contribution >= 4 is 6.08 Å². The van der Waals surface area contributed by atoms with Gasteiger partial charge in [0.25, 0.3) is 0 Å². The molecule has 162 valence electrons. The molecule has 0 saturated heterocycles. The first-order chi connectivity index (χ1) is 14.9. The highest BCUT2D eigenvalue weighted by atomic mass is 16.7. The van der Waals surface area contributed by atoms with Crippen LogP contribution in [0.15, 0.2) is 42.0 Å². The van der Waals surface area contributed by atoms with Crippen LogP contribution in [-0.2, 0) is 6.42 Å². The molecule has 0 aromatic heterocycles. The molecule has 5 heteroatoms. The van der Waals surface area contributed by atoms with Gasteiger partial charge in [-0.1, -0.05) is 17.7 Å². The third-order valence-electron chi connectivity index (χ3n) is 6.23. The van der Waals surface area contributed by atoms with Crippen LogP contribution in [0.2, 0.25) is 0 Å². The largest absolute Gasteiger partial charge is 0.508 e. The Hall–Kier alpha value is -3.08. The van der Waals surface area contributed by atoms with Crippen molar-refractivity contribution in [1.82, 2.24) is 0 Å². The summed E-state index contributed by atoms with van der Waals surface area (Å²) in [4.78, 5) is 0. The third kappa shape index (κ3) is 3.73. The van der Waals surface area contributed by atoms with Crippen molar-refractivity contribution in [2.24, 2.45) is 0 Å². The van der Waals surface area contributed by atoms with Gasteiger partial charge in [0.2, 0.25) is 6.79 Å². The van der Waals surface area contributed by atoms with Gasteiger partial charge >= 0.3 is 0 Å². The lowest BCUT2D eigenvalue weighted by Crippen LogP contribution is -2.32. The average Bonchev–Trinajstić information content (AvgIpc) is 3.19. The number of phenolic OH excluding ortho intramolecular Hbond substituents is 1. The molecule has 2 aromatic rings. The van der Waals surface area contributed by atoms with Gasteiger partial charge in [-0.3, -0.25) is 0 Å². The van der Waals surface area contributed by atoms with Crippen LogP contribution in [0.3, 0.4) is 0 Å². The van der Waals surface area contributed by atoms with E-state index in [9.17, 15) is 5.11 Å². The summed E-state index contributed by atoms with van der Waals surface area (Å²) in [6.07, 6.45) is 9.23. The molecule has 0 radical (unpaired) electrons. The molecule has 5 rings (SSSR count). The zero-order valence-electron chi connectivity index (χ0n) is 18.2. The normalized spacial score (nSPS) is 22.7. The maximum atomic E-state index is 10.5. The minimum absolute atomic E-state index is 0.0443. The zero-order chi connectivity index (χ0) is 21.6. The number of phenols is 1. The molecule has 0 aliphatic carbocycles. The van der Waals surface area contributed by atoms with E-state index in [1.807, 2.05) is 12.1 Å². The second kappa shape index (κ2) is 7.56. The number of allylic oxidation sites excluding steroid dienone is 2. The fourth-order valence-corrected chi connectivity index (χ4v) is 4.51.